The molecule has 0 spiro atoms. The third kappa shape index (κ3) is 4.44. The Balaban J connectivity index is 2.14. The van der Waals surface area contributed by atoms with E-state index in [9.17, 15) is 14.4 Å². The highest BCUT2D eigenvalue weighted by molar-refractivity contribution is 6.00. The highest BCUT2D eigenvalue weighted by Crippen LogP contribution is 2.11. The number of unbranched alkanes of at least 4 members (excludes halogenated alkanes) is 2. The van der Waals surface area contributed by atoms with E-state index in [0.717, 1.165) is 12.8 Å². The Morgan fingerprint density at radius 2 is 2.11 bits per heavy atom. The van der Waals surface area contributed by atoms with Gasteiger partial charge in [-0.05, 0) is 25.8 Å². The zero-order chi connectivity index (χ0) is 13.5. The highest BCUT2D eigenvalue weighted by atomic mass is 16.4. The van der Waals surface area contributed by atoms with E-state index in [2.05, 4.69) is 5.32 Å². The van der Waals surface area contributed by atoms with Crippen molar-refractivity contribution in [3.63, 3.8) is 0 Å². The van der Waals surface area contributed by atoms with Crippen molar-refractivity contribution in [2.45, 2.75) is 44.6 Å². The fourth-order valence-electron chi connectivity index (χ4n) is 1.96. The summed E-state index contributed by atoms with van der Waals surface area (Å²) in [7, 11) is 1.51. The first-order valence-corrected chi connectivity index (χ1v) is 6.28. The molecule has 1 fully saturated rings. The molecule has 1 rings (SSSR count). The number of carbonyl (C=O) groups is 3. The molecule has 0 bridgehead atoms. The zero-order valence-electron chi connectivity index (χ0n) is 10.6. The second-order valence-corrected chi connectivity index (χ2v) is 4.54. The molecule has 1 aliphatic rings. The number of likely N-dealkylation sites (N-methyl/N-ethyl adjacent to an activating group) is 1. The monoisotopic (exact) mass is 256 g/mol. The maximum absolute atomic E-state index is 11.7. The number of nitrogens with zero attached hydrogens (tertiary/aromatic N) is 1. The number of likely N-dealkylation sites (tertiary alicyclic amines) is 1. The van der Waals surface area contributed by atoms with Crippen molar-refractivity contribution in [1.29, 1.82) is 0 Å². The van der Waals surface area contributed by atoms with E-state index < -0.39 is 5.97 Å². The maximum atomic E-state index is 11.7. The predicted octanol–water partition coefficient (Wildman–Crippen LogP) is 0.368. The third-order valence-corrected chi connectivity index (χ3v) is 3.11. The molecule has 0 saturated carbocycles. The van der Waals surface area contributed by atoms with Crippen molar-refractivity contribution in [2.24, 2.45) is 0 Å². The number of imide groups is 1. The van der Waals surface area contributed by atoms with Crippen LogP contribution in [0.4, 0.5) is 0 Å². The Labute approximate surface area is 106 Å². The number of rotatable bonds is 7. The van der Waals surface area contributed by atoms with Gasteiger partial charge in [0.05, 0.1) is 6.04 Å². The largest absolute Gasteiger partial charge is 0.481 e. The number of amides is 2. The van der Waals surface area contributed by atoms with Gasteiger partial charge in [0.15, 0.2) is 0 Å². The van der Waals surface area contributed by atoms with Crippen LogP contribution in [0.2, 0.25) is 0 Å². The molecule has 0 aromatic carbocycles. The first-order valence-electron chi connectivity index (χ1n) is 6.28. The van der Waals surface area contributed by atoms with Crippen LogP contribution >= 0.6 is 0 Å². The van der Waals surface area contributed by atoms with E-state index in [1.165, 1.54) is 11.9 Å². The van der Waals surface area contributed by atoms with Gasteiger partial charge in [-0.1, -0.05) is 6.42 Å². The van der Waals surface area contributed by atoms with E-state index in [-0.39, 0.29) is 24.3 Å². The number of aliphatic carboxylic acids is 1. The summed E-state index contributed by atoms with van der Waals surface area (Å²) in [6, 6.07) is -0.271. The number of carbonyl (C=O) groups excluding carboxylic acids is 2. The zero-order valence-corrected chi connectivity index (χ0v) is 10.6. The first kappa shape index (κ1) is 14.6. The van der Waals surface area contributed by atoms with Gasteiger partial charge in [-0.2, -0.15) is 0 Å². The lowest BCUT2D eigenvalue weighted by Gasteiger charge is -2.28. The van der Waals surface area contributed by atoms with Gasteiger partial charge in [0, 0.05) is 19.9 Å². The molecule has 1 saturated heterocycles. The molecule has 1 aliphatic heterocycles. The quantitative estimate of drug-likeness (QED) is 0.507. The standard InChI is InChI=1S/C12H20N2O4/c1-14-10(15)7-6-9(12(14)18)13-8-4-2-3-5-11(16)17/h9,13H,2-8H2,1H3,(H,16,17). The fourth-order valence-corrected chi connectivity index (χ4v) is 1.96. The lowest BCUT2D eigenvalue weighted by molar-refractivity contribution is -0.148. The molecular weight excluding hydrogens is 236 g/mol. The molecule has 0 aromatic heterocycles. The number of hydrogen-bond donors (Lipinski definition) is 2. The van der Waals surface area contributed by atoms with Gasteiger partial charge in [-0.25, -0.2) is 0 Å². The molecule has 1 unspecified atom stereocenters. The SMILES string of the molecule is CN1C(=O)CCC(NCCCCCC(=O)O)C1=O. The number of nitrogens with one attached hydrogen (secondary N) is 1. The summed E-state index contributed by atoms with van der Waals surface area (Å²) in [5.74, 6) is -1.07. The van der Waals surface area contributed by atoms with E-state index in [1.54, 1.807) is 0 Å². The van der Waals surface area contributed by atoms with Crippen LogP contribution < -0.4 is 5.32 Å². The summed E-state index contributed by atoms with van der Waals surface area (Å²) >= 11 is 0. The van der Waals surface area contributed by atoms with Crippen LogP contribution in [0.3, 0.4) is 0 Å². The molecule has 1 heterocycles. The molecule has 2 N–H and O–H groups in total. The van der Waals surface area contributed by atoms with Crippen LogP contribution in [0.5, 0.6) is 0 Å². The molecule has 0 aromatic rings. The van der Waals surface area contributed by atoms with Gasteiger partial charge in [-0.15, -0.1) is 0 Å². The minimum Gasteiger partial charge on any atom is -0.481 e. The van der Waals surface area contributed by atoms with Crippen molar-refractivity contribution in [2.75, 3.05) is 13.6 Å². The normalized spacial score (nSPS) is 20.3. The number of hydrogen-bond acceptors (Lipinski definition) is 4. The summed E-state index contributed by atoms with van der Waals surface area (Å²) in [5.41, 5.74) is 0. The van der Waals surface area contributed by atoms with Crippen molar-refractivity contribution in [3.05, 3.63) is 0 Å². The summed E-state index contributed by atoms with van der Waals surface area (Å²) in [6.45, 7) is 0.679. The minimum atomic E-state index is -0.773. The van der Waals surface area contributed by atoms with Gasteiger partial charge in [0.25, 0.3) is 0 Å². The molecular formula is C12H20N2O4. The van der Waals surface area contributed by atoms with Crippen molar-refractivity contribution >= 4 is 17.8 Å². The second-order valence-electron chi connectivity index (χ2n) is 4.54. The average molecular weight is 256 g/mol. The lowest BCUT2D eigenvalue weighted by atomic mass is 10.0. The predicted molar refractivity (Wildman–Crippen MR) is 64.9 cm³/mol. The Morgan fingerprint density at radius 3 is 2.78 bits per heavy atom. The fraction of sp³-hybridized carbons (Fsp3) is 0.750. The van der Waals surface area contributed by atoms with E-state index in [0.29, 0.717) is 25.8 Å². The Kier molecular flexibility index (Phi) is 5.77. The van der Waals surface area contributed by atoms with Gasteiger partial charge < -0.3 is 10.4 Å². The first-order chi connectivity index (χ1) is 8.52. The average Bonchev–Trinajstić information content (AvgIpc) is 2.33. The minimum absolute atomic E-state index is 0.125. The van der Waals surface area contributed by atoms with Crippen LogP contribution in [0.15, 0.2) is 0 Å². The van der Waals surface area contributed by atoms with E-state index in [4.69, 9.17) is 5.11 Å². The number of carboxylic acid groups (broad SMARTS) is 1. The Bertz CT molecular complexity index is 330. The van der Waals surface area contributed by atoms with Crippen LogP contribution in [0.1, 0.15) is 38.5 Å². The van der Waals surface area contributed by atoms with Crippen molar-refractivity contribution in [1.82, 2.24) is 10.2 Å². The molecule has 0 aliphatic carbocycles. The van der Waals surface area contributed by atoms with Gasteiger partial charge in [0.2, 0.25) is 11.8 Å². The van der Waals surface area contributed by atoms with E-state index >= 15 is 0 Å². The summed E-state index contributed by atoms with van der Waals surface area (Å²) < 4.78 is 0. The number of carboxylic acids is 1. The molecule has 18 heavy (non-hydrogen) atoms. The second kappa shape index (κ2) is 7.10. The van der Waals surface area contributed by atoms with Crippen LogP contribution in [-0.4, -0.2) is 47.4 Å². The molecule has 6 heteroatoms. The Morgan fingerprint density at radius 1 is 1.39 bits per heavy atom. The summed E-state index contributed by atoms with van der Waals surface area (Å²) in [4.78, 5) is 34.4. The summed E-state index contributed by atoms with van der Waals surface area (Å²) in [5, 5.41) is 11.6. The maximum Gasteiger partial charge on any atom is 0.303 e. The highest BCUT2D eigenvalue weighted by Gasteiger charge is 2.30. The molecule has 102 valence electrons. The molecule has 1 atom stereocenters. The van der Waals surface area contributed by atoms with Gasteiger partial charge in [-0.3, -0.25) is 19.3 Å². The molecule has 0 radical (unpaired) electrons. The molecule has 6 nitrogen and oxygen atoms in total. The van der Waals surface area contributed by atoms with E-state index in [1.807, 2.05) is 0 Å². The van der Waals surface area contributed by atoms with Crippen molar-refractivity contribution < 1.29 is 19.5 Å². The number of piperidine rings is 1. The third-order valence-electron chi connectivity index (χ3n) is 3.11. The van der Waals surface area contributed by atoms with Crippen LogP contribution in [0, 0.1) is 0 Å². The van der Waals surface area contributed by atoms with Crippen molar-refractivity contribution in [3.8, 4) is 0 Å². The van der Waals surface area contributed by atoms with Gasteiger partial charge in [0.1, 0.15) is 0 Å². The smallest absolute Gasteiger partial charge is 0.303 e. The van der Waals surface area contributed by atoms with Crippen LogP contribution in [-0.2, 0) is 14.4 Å². The van der Waals surface area contributed by atoms with Crippen LogP contribution in [0.25, 0.3) is 0 Å². The summed E-state index contributed by atoms with van der Waals surface area (Å²) in [6.07, 6.45) is 3.48. The topological polar surface area (TPSA) is 86.7 Å². The van der Waals surface area contributed by atoms with Gasteiger partial charge >= 0.3 is 5.97 Å². The lowest BCUT2D eigenvalue weighted by Crippen LogP contribution is -2.51. The molecule has 2 amide bonds. The Hall–Kier alpha value is -1.43.